The second-order valence-electron chi connectivity index (χ2n) is 7.87. The van der Waals surface area contributed by atoms with Crippen molar-refractivity contribution in [3.8, 4) is 0 Å². The summed E-state index contributed by atoms with van der Waals surface area (Å²) >= 11 is 0. The van der Waals surface area contributed by atoms with E-state index < -0.39 is 0 Å². The number of ether oxygens (including phenoxy) is 3. The lowest BCUT2D eigenvalue weighted by Gasteiger charge is -2.22. The molecule has 0 amide bonds. The van der Waals surface area contributed by atoms with Gasteiger partial charge in [-0.25, -0.2) is 0 Å². The van der Waals surface area contributed by atoms with Crippen LogP contribution in [0.1, 0.15) is 53.4 Å². The zero-order valence-corrected chi connectivity index (χ0v) is 11.9. The molecule has 18 heavy (non-hydrogen) atoms. The summed E-state index contributed by atoms with van der Waals surface area (Å²) in [7, 11) is 0. The molecule has 0 aromatic carbocycles. The van der Waals surface area contributed by atoms with Crippen molar-refractivity contribution < 1.29 is 14.2 Å². The van der Waals surface area contributed by atoms with Gasteiger partial charge in [-0.2, -0.15) is 0 Å². The molecular formula is C15H24O3. The Morgan fingerprint density at radius 3 is 2.39 bits per heavy atom. The minimum absolute atomic E-state index is 0.0839. The van der Waals surface area contributed by atoms with E-state index in [4.69, 9.17) is 14.2 Å². The van der Waals surface area contributed by atoms with E-state index in [1.807, 2.05) is 0 Å². The van der Waals surface area contributed by atoms with Gasteiger partial charge >= 0.3 is 0 Å². The summed E-state index contributed by atoms with van der Waals surface area (Å²) in [5, 5.41) is 0. The number of epoxide rings is 3. The van der Waals surface area contributed by atoms with Crippen LogP contribution in [0, 0.1) is 5.41 Å². The first-order chi connectivity index (χ1) is 8.32. The Balaban J connectivity index is 1.56. The lowest BCUT2D eigenvalue weighted by atomic mass is 9.80. The second-order valence-corrected chi connectivity index (χ2v) is 7.87. The Morgan fingerprint density at radius 1 is 0.889 bits per heavy atom. The van der Waals surface area contributed by atoms with E-state index in [-0.39, 0.29) is 16.6 Å². The Hall–Kier alpha value is -0.120. The van der Waals surface area contributed by atoms with Crippen LogP contribution in [-0.2, 0) is 14.2 Å². The zero-order chi connectivity index (χ0) is 12.8. The average molecular weight is 252 g/mol. The smallest absolute Gasteiger partial charge is 0.0946 e. The molecule has 0 N–H and O–H groups in total. The van der Waals surface area contributed by atoms with E-state index in [9.17, 15) is 0 Å². The van der Waals surface area contributed by atoms with E-state index in [1.54, 1.807) is 0 Å². The quantitative estimate of drug-likeness (QED) is 0.622. The normalized spacial score (nSPS) is 60.7. The lowest BCUT2D eigenvalue weighted by Crippen LogP contribution is -2.26. The van der Waals surface area contributed by atoms with Crippen molar-refractivity contribution in [1.29, 1.82) is 0 Å². The van der Waals surface area contributed by atoms with Crippen LogP contribution < -0.4 is 0 Å². The van der Waals surface area contributed by atoms with Crippen LogP contribution in [0.5, 0.6) is 0 Å². The van der Waals surface area contributed by atoms with Crippen LogP contribution in [0.4, 0.5) is 0 Å². The number of hydrogen-bond acceptors (Lipinski definition) is 3. The molecule has 3 heteroatoms. The molecule has 0 aromatic heterocycles. The fraction of sp³-hybridized carbons (Fsp3) is 1.00. The summed E-state index contributed by atoms with van der Waals surface area (Å²) in [5.74, 6) is 0. The SMILES string of the molecule is CC1(C)C[C@@H]2O[C@@]2(C)CC[C@H]2O[C@]2(C)C[C@H]2O[C@@H]21. The van der Waals surface area contributed by atoms with Crippen LogP contribution in [0.15, 0.2) is 0 Å². The van der Waals surface area contributed by atoms with Gasteiger partial charge in [-0.1, -0.05) is 13.8 Å². The third-order valence-electron chi connectivity index (χ3n) is 5.64. The Labute approximate surface area is 109 Å². The number of rotatable bonds is 0. The number of hydrogen-bond donors (Lipinski definition) is 0. The van der Waals surface area contributed by atoms with Crippen molar-refractivity contribution in [1.82, 2.24) is 0 Å². The van der Waals surface area contributed by atoms with Crippen molar-refractivity contribution >= 4 is 0 Å². The summed E-state index contributed by atoms with van der Waals surface area (Å²) in [6, 6.07) is 0. The van der Waals surface area contributed by atoms with Crippen LogP contribution in [0.25, 0.3) is 0 Å². The highest BCUT2D eigenvalue weighted by molar-refractivity contribution is 5.12. The third kappa shape index (κ3) is 1.67. The molecular weight excluding hydrogens is 228 g/mol. The highest BCUT2D eigenvalue weighted by Gasteiger charge is 2.64. The predicted octanol–water partition coefficient (Wildman–Crippen LogP) is 2.67. The van der Waals surface area contributed by atoms with Crippen molar-refractivity contribution in [3.05, 3.63) is 0 Å². The molecule has 6 atom stereocenters. The van der Waals surface area contributed by atoms with Crippen molar-refractivity contribution in [3.63, 3.8) is 0 Å². The molecule has 4 aliphatic rings. The lowest BCUT2D eigenvalue weighted by molar-refractivity contribution is 0.200. The molecule has 3 aliphatic heterocycles. The zero-order valence-electron chi connectivity index (χ0n) is 11.9. The first kappa shape index (κ1) is 11.7. The first-order valence-electron chi connectivity index (χ1n) is 7.34. The third-order valence-corrected chi connectivity index (χ3v) is 5.64. The van der Waals surface area contributed by atoms with Gasteiger partial charge in [0.2, 0.25) is 0 Å². The summed E-state index contributed by atoms with van der Waals surface area (Å²) < 4.78 is 17.8. The highest BCUT2D eigenvalue weighted by atomic mass is 16.6. The van der Waals surface area contributed by atoms with Crippen LogP contribution in [0.2, 0.25) is 0 Å². The van der Waals surface area contributed by atoms with E-state index in [0.717, 1.165) is 25.7 Å². The molecule has 4 fully saturated rings. The van der Waals surface area contributed by atoms with Gasteiger partial charge in [-0.15, -0.1) is 0 Å². The predicted molar refractivity (Wildman–Crippen MR) is 67.5 cm³/mol. The molecule has 3 heterocycles. The second kappa shape index (κ2) is 3.13. The first-order valence-corrected chi connectivity index (χ1v) is 7.34. The molecule has 4 rings (SSSR count). The molecule has 0 radical (unpaired) electrons. The van der Waals surface area contributed by atoms with E-state index in [1.165, 1.54) is 0 Å². The van der Waals surface area contributed by atoms with E-state index in [2.05, 4.69) is 27.7 Å². The van der Waals surface area contributed by atoms with E-state index in [0.29, 0.717) is 24.4 Å². The summed E-state index contributed by atoms with van der Waals surface area (Å²) in [6.45, 7) is 9.15. The maximum Gasteiger partial charge on any atom is 0.0946 e. The summed E-state index contributed by atoms with van der Waals surface area (Å²) in [5.41, 5.74) is 0.428. The van der Waals surface area contributed by atoms with Gasteiger partial charge in [0.1, 0.15) is 0 Å². The number of fused-ring (bicyclic) bond motifs is 3. The van der Waals surface area contributed by atoms with Crippen molar-refractivity contribution in [2.45, 2.75) is 89.0 Å². The molecule has 3 saturated heterocycles. The maximum atomic E-state index is 5.97. The molecule has 0 bridgehead atoms. The van der Waals surface area contributed by atoms with Gasteiger partial charge in [-0.3, -0.25) is 0 Å². The fourth-order valence-electron chi connectivity index (χ4n) is 4.00. The summed E-state index contributed by atoms with van der Waals surface area (Å²) in [6.07, 6.45) is 6.18. The molecule has 1 saturated carbocycles. The molecule has 0 spiro atoms. The molecule has 102 valence electrons. The van der Waals surface area contributed by atoms with Crippen LogP contribution >= 0.6 is 0 Å². The Kier molecular flexibility index (Phi) is 2.03. The Bertz CT molecular complexity index is 393. The average Bonchev–Trinajstić information content (AvgIpc) is 3.14. The van der Waals surface area contributed by atoms with Gasteiger partial charge < -0.3 is 14.2 Å². The van der Waals surface area contributed by atoms with Gasteiger partial charge in [-0.05, 0) is 38.5 Å². The minimum atomic E-state index is 0.0839. The molecule has 0 aromatic rings. The largest absolute Gasteiger partial charge is 0.369 e. The van der Waals surface area contributed by atoms with Crippen molar-refractivity contribution in [2.75, 3.05) is 0 Å². The van der Waals surface area contributed by atoms with Gasteiger partial charge in [0.25, 0.3) is 0 Å². The molecule has 1 aliphatic carbocycles. The van der Waals surface area contributed by atoms with Crippen molar-refractivity contribution in [2.24, 2.45) is 5.41 Å². The Morgan fingerprint density at radius 2 is 1.61 bits per heavy atom. The molecule has 3 nitrogen and oxygen atoms in total. The topological polar surface area (TPSA) is 37.6 Å². The van der Waals surface area contributed by atoms with Crippen LogP contribution in [-0.4, -0.2) is 35.6 Å². The van der Waals surface area contributed by atoms with Crippen LogP contribution in [0.3, 0.4) is 0 Å². The minimum Gasteiger partial charge on any atom is -0.369 e. The highest BCUT2D eigenvalue weighted by Crippen LogP contribution is 2.56. The van der Waals surface area contributed by atoms with Gasteiger partial charge in [0.15, 0.2) is 0 Å². The van der Waals surface area contributed by atoms with Gasteiger partial charge in [0.05, 0.1) is 35.6 Å². The monoisotopic (exact) mass is 252 g/mol. The van der Waals surface area contributed by atoms with Gasteiger partial charge in [0, 0.05) is 6.42 Å². The fourth-order valence-corrected chi connectivity index (χ4v) is 4.00. The standard InChI is InChI=1S/C15H24O3/c1-13(2)8-11-14(3,18-11)6-5-10-15(4,17-10)7-9-12(13)16-9/h9-12H,5-8H2,1-4H3/t9-,10-,11+,12+,14+,15-/m1/s1. The summed E-state index contributed by atoms with van der Waals surface area (Å²) in [4.78, 5) is 0. The molecule has 0 unspecified atom stereocenters. The maximum absolute atomic E-state index is 5.97. The van der Waals surface area contributed by atoms with E-state index >= 15 is 0 Å².